The fraction of sp³-hybridized carbons (Fsp3) is 0.308. The SMILES string of the molecule is C[C@@H](NC(=O)C1CC(=O)Nc2ccccc21)C(=O)O. The molecule has 3 N–H and O–H groups in total. The van der Waals surface area contributed by atoms with Crippen molar-refractivity contribution in [1.82, 2.24) is 5.32 Å². The highest BCUT2D eigenvalue weighted by atomic mass is 16.4. The molecule has 1 aromatic rings. The van der Waals surface area contributed by atoms with Crippen molar-refractivity contribution in [2.24, 2.45) is 0 Å². The van der Waals surface area contributed by atoms with Gasteiger partial charge in [-0.2, -0.15) is 0 Å². The Bertz CT molecular complexity index is 541. The van der Waals surface area contributed by atoms with Crippen molar-refractivity contribution in [1.29, 1.82) is 0 Å². The zero-order valence-electron chi connectivity index (χ0n) is 10.3. The first-order valence-corrected chi connectivity index (χ1v) is 5.91. The Labute approximate surface area is 109 Å². The predicted molar refractivity (Wildman–Crippen MR) is 67.7 cm³/mol. The van der Waals surface area contributed by atoms with Crippen LogP contribution >= 0.6 is 0 Å². The van der Waals surface area contributed by atoms with Crippen LogP contribution in [0.5, 0.6) is 0 Å². The highest BCUT2D eigenvalue weighted by Gasteiger charge is 2.31. The quantitative estimate of drug-likeness (QED) is 0.747. The van der Waals surface area contributed by atoms with Crippen LogP contribution in [0.4, 0.5) is 5.69 Å². The van der Waals surface area contributed by atoms with E-state index in [9.17, 15) is 14.4 Å². The Kier molecular flexibility index (Phi) is 3.50. The Morgan fingerprint density at radius 3 is 2.79 bits per heavy atom. The fourth-order valence-corrected chi connectivity index (χ4v) is 2.02. The van der Waals surface area contributed by atoms with Gasteiger partial charge in [0.05, 0.1) is 5.92 Å². The number of carbonyl (C=O) groups excluding carboxylic acids is 2. The summed E-state index contributed by atoms with van der Waals surface area (Å²) in [5.74, 6) is -2.45. The van der Waals surface area contributed by atoms with Gasteiger partial charge in [-0.05, 0) is 18.6 Å². The largest absolute Gasteiger partial charge is 0.480 e. The number of hydrogen-bond donors (Lipinski definition) is 3. The minimum atomic E-state index is -1.11. The number of para-hydroxylation sites is 1. The molecule has 1 aliphatic rings. The molecule has 2 rings (SSSR count). The third-order valence-electron chi connectivity index (χ3n) is 3.05. The molecule has 0 aliphatic carbocycles. The van der Waals surface area contributed by atoms with Gasteiger partial charge in [0, 0.05) is 12.1 Å². The number of amides is 2. The number of rotatable bonds is 3. The molecule has 1 unspecified atom stereocenters. The highest BCUT2D eigenvalue weighted by molar-refractivity contribution is 6.01. The fourth-order valence-electron chi connectivity index (χ4n) is 2.02. The van der Waals surface area contributed by atoms with Gasteiger partial charge in [-0.15, -0.1) is 0 Å². The van der Waals surface area contributed by atoms with Crippen LogP contribution in [0.25, 0.3) is 0 Å². The molecular weight excluding hydrogens is 248 g/mol. The van der Waals surface area contributed by atoms with Crippen molar-refractivity contribution in [3.8, 4) is 0 Å². The molecule has 1 aliphatic heterocycles. The minimum absolute atomic E-state index is 0.0230. The zero-order valence-corrected chi connectivity index (χ0v) is 10.3. The van der Waals surface area contributed by atoms with E-state index in [2.05, 4.69) is 10.6 Å². The molecule has 19 heavy (non-hydrogen) atoms. The second kappa shape index (κ2) is 5.09. The van der Waals surface area contributed by atoms with Crippen LogP contribution in [0, 0.1) is 0 Å². The van der Waals surface area contributed by atoms with Gasteiger partial charge in [-0.25, -0.2) is 0 Å². The van der Waals surface area contributed by atoms with Crippen LogP contribution in [0.2, 0.25) is 0 Å². The van der Waals surface area contributed by atoms with Crippen LogP contribution in [0.15, 0.2) is 24.3 Å². The van der Waals surface area contributed by atoms with Gasteiger partial charge in [0.2, 0.25) is 11.8 Å². The zero-order chi connectivity index (χ0) is 14.0. The van der Waals surface area contributed by atoms with E-state index in [0.717, 1.165) is 0 Å². The number of hydrogen-bond acceptors (Lipinski definition) is 3. The Morgan fingerprint density at radius 1 is 1.42 bits per heavy atom. The first kappa shape index (κ1) is 13.1. The number of fused-ring (bicyclic) bond motifs is 1. The summed E-state index contributed by atoms with van der Waals surface area (Å²) in [7, 11) is 0. The smallest absolute Gasteiger partial charge is 0.325 e. The molecule has 0 saturated carbocycles. The van der Waals surface area contributed by atoms with E-state index in [4.69, 9.17) is 5.11 Å². The lowest BCUT2D eigenvalue weighted by molar-refractivity contribution is -0.141. The van der Waals surface area contributed by atoms with Gasteiger partial charge in [-0.1, -0.05) is 18.2 Å². The van der Waals surface area contributed by atoms with Crippen molar-refractivity contribution in [2.45, 2.75) is 25.3 Å². The number of aliphatic carboxylic acids is 1. The van der Waals surface area contributed by atoms with Crippen LogP contribution in [0.1, 0.15) is 24.8 Å². The van der Waals surface area contributed by atoms with Gasteiger partial charge in [0.15, 0.2) is 0 Å². The lowest BCUT2D eigenvalue weighted by Crippen LogP contribution is -2.42. The van der Waals surface area contributed by atoms with E-state index in [1.807, 2.05) is 0 Å². The van der Waals surface area contributed by atoms with Gasteiger partial charge in [-0.3, -0.25) is 14.4 Å². The van der Waals surface area contributed by atoms with Crippen molar-refractivity contribution >= 4 is 23.5 Å². The number of carboxylic acids is 1. The molecule has 0 aromatic heterocycles. The summed E-state index contributed by atoms with van der Waals surface area (Å²) in [6.07, 6.45) is 0.0230. The van der Waals surface area contributed by atoms with Crippen LogP contribution in [-0.2, 0) is 14.4 Å². The van der Waals surface area contributed by atoms with Crippen molar-refractivity contribution in [3.05, 3.63) is 29.8 Å². The molecule has 1 heterocycles. The molecule has 0 bridgehead atoms. The molecule has 0 radical (unpaired) electrons. The molecule has 0 saturated heterocycles. The lowest BCUT2D eigenvalue weighted by Gasteiger charge is -2.25. The summed E-state index contributed by atoms with van der Waals surface area (Å²) in [5, 5.41) is 13.9. The van der Waals surface area contributed by atoms with E-state index >= 15 is 0 Å². The molecule has 2 amide bonds. The standard InChI is InChI=1S/C13H14N2O4/c1-7(13(18)19)14-12(17)9-6-11(16)15-10-5-3-2-4-8(9)10/h2-5,7,9H,6H2,1H3,(H,14,17)(H,15,16)(H,18,19)/t7-,9?/m1/s1. The molecule has 0 fully saturated rings. The maximum atomic E-state index is 12.1. The van der Waals surface area contributed by atoms with E-state index in [1.54, 1.807) is 24.3 Å². The first-order valence-electron chi connectivity index (χ1n) is 5.91. The second-order valence-electron chi connectivity index (χ2n) is 4.46. The van der Waals surface area contributed by atoms with E-state index < -0.39 is 23.8 Å². The van der Waals surface area contributed by atoms with Crippen LogP contribution < -0.4 is 10.6 Å². The summed E-state index contributed by atoms with van der Waals surface area (Å²) in [6, 6.07) is 6.03. The average molecular weight is 262 g/mol. The first-order chi connectivity index (χ1) is 8.99. The van der Waals surface area contributed by atoms with E-state index in [0.29, 0.717) is 11.3 Å². The van der Waals surface area contributed by atoms with Crippen LogP contribution in [-0.4, -0.2) is 28.9 Å². The third-order valence-corrected chi connectivity index (χ3v) is 3.05. The molecule has 1 aromatic carbocycles. The molecule has 100 valence electrons. The number of anilines is 1. The second-order valence-corrected chi connectivity index (χ2v) is 4.46. The van der Waals surface area contributed by atoms with Gasteiger partial charge >= 0.3 is 5.97 Å². The van der Waals surface area contributed by atoms with Crippen molar-refractivity contribution in [3.63, 3.8) is 0 Å². The van der Waals surface area contributed by atoms with Gasteiger partial charge in [0.1, 0.15) is 6.04 Å². The Morgan fingerprint density at radius 2 is 2.11 bits per heavy atom. The average Bonchev–Trinajstić information content (AvgIpc) is 2.37. The topological polar surface area (TPSA) is 95.5 Å². The van der Waals surface area contributed by atoms with E-state index in [-0.39, 0.29) is 12.3 Å². The van der Waals surface area contributed by atoms with E-state index in [1.165, 1.54) is 6.92 Å². The number of nitrogens with one attached hydrogen (secondary N) is 2. The van der Waals surface area contributed by atoms with Gasteiger partial charge in [0.25, 0.3) is 0 Å². The summed E-state index contributed by atoms with van der Waals surface area (Å²) >= 11 is 0. The van der Waals surface area contributed by atoms with Crippen molar-refractivity contribution in [2.75, 3.05) is 5.32 Å². The summed E-state index contributed by atoms with van der Waals surface area (Å²) in [6.45, 7) is 1.38. The van der Waals surface area contributed by atoms with Crippen LogP contribution in [0.3, 0.4) is 0 Å². The monoisotopic (exact) mass is 262 g/mol. The Hall–Kier alpha value is -2.37. The maximum Gasteiger partial charge on any atom is 0.325 e. The highest BCUT2D eigenvalue weighted by Crippen LogP contribution is 2.31. The molecule has 6 nitrogen and oxygen atoms in total. The molecule has 6 heteroatoms. The predicted octanol–water partition coefficient (Wildman–Crippen LogP) is 0.702. The number of carboxylic acid groups (broad SMARTS) is 1. The summed E-state index contributed by atoms with van der Waals surface area (Å²) in [5.41, 5.74) is 1.30. The molecular formula is C13H14N2O4. The third kappa shape index (κ3) is 2.73. The lowest BCUT2D eigenvalue weighted by atomic mass is 9.89. The van der Waals surface area contributed by atoms with Crippen molar-refractivity contribution < 1.29 is 19.5 Å². The summed E-state index contributed by atoms with van der Waals surface area (Å²) in [4.78, 5) is 34.4. The molecule has 2 atom stereocenters. The molecule has 0 spiro atoms. The normalized spacial score (nSPS) is 19.0. The number of carbonyl (C=O) groups is 3. The Balaban J connectivity index is 2.23. The number of benzene rings is 1. The van der Waals surface area contributed by atoms with Gasteiger partial charge < -0.3 is 15.7 Å². The minimum Gasteiger partial charge on any atom is -0.480 e. The summed E-state index contributed by atoms with van der Waals surface area (Å²) < 4.78 is 0. The maximum absolute atomic E-state index is 12.1.